The van der Waals surface area contributed by atoms with E-state index in [4.69, 9.17) is 16.0 Å². The molecule has 0 spiro atoms. The Morgan fingerprint density at radius 2 is 1.78 bits per heavy atom. The van der Waals surface area contributed by atoms with Crippen LogP contribution in [-0.2, 0) is 12.7 Å². The molecule has 45 heavy (non-hydrogen) atoms. The van der Waals surface area contributed by atoms with E-state index in [2.05, 4.69) is 21.5 Å². The molecular weight excluding hydrogens is 585 g/mol. The Kier molecular flexibility index (Phi) is 11.1. The molecule has 1 aliphatic carbocycles. The molecule has 0 aromatic heterocycles. The fourth-order valence-corrected chi connectivity index (χ4v) is 4.84. The fraction of sp³-hybridized carbons (Fsp3) is 0.303. The van der Waals surface area contributed by atoms with Crippen LogP contribution in [0.3, 0.4) is 0 Å². The first-order valence-electron chi connectivity index (χ1n) is 14.7. The van der Waals surface area contributed by atoms with E-state index in [1.54, 1.807) is 24.3 Å². The molecule has 0 saturated heterocycles. The van der Waals surface area contributed by atoms with Gasteiger partial charge in [0, 0.05) is 16.9 Å². The maximum absolute atomic E-state index is 13.9. The first-order valence-corrected chi connectivity index (χ1v) is 14.7. The number of nitrogens with zero attached hydrogens (tertiary/aromatic N) is 3. The lowest BCUT2D eigenvalue weighted by Gasteiger charge is -2.25. The van der Waals surface area contributed by atoms with Gasteiger partial charge in [-0.25, -0.2) is 10.3 Å². The minimum absolute atomic E-state index is 0.0413. The topological polar surface area (TPSA) is 133 Å². The molecule has 12 heteroatoms. The van der Waals surface area contributed by atoms with Crippen molar-refractivity contribution in [2.24, 2.45) is 15.8 Å². The molecule has 0 bridgehead atoms. The van der Waals surface area contributed by atoms with Gasteiger partial charge in [0.15, 0.2) is 0 Å². The van der Waals surface area contributed by atoms with E-state index in [9.17, 15) is 22.8 Å². The third-order valence-electron chi connectivity index (χ3n) is 7.25. The Balaban J connectivity index is 1.62. The molecule has 0 heterocycles. The minimum Gasteiger partial charge on any atom is -0.493 e. The second kappa shape index (κ2) is 15.1. The summed E-state index contributed by atoms with van der Waals surface area (Å²) in [5.74, 6) is -1.45. The molecule has 1 aliphatic rings. The van der Waals surface area contributed by atoms with Crippen molar-refractivity contribution in [2.45, 2.75) is 58.2 Å². The molecule has 0 atom stereocenters. The van der Waals surface area contributed by atoms with Gasteiger partial charge in [-0.2, -0.15) is 18.2 Å². The van der Waals surface area contributed by atoms with Crippen molar-refractivity contribution in [3.63, 3.8) is 0 Å². The third kappa shape index (κ3) is 9.01. The van der Waals surface area contributed by atoms with Gasteiger partial charge in [-0.3, -0.25) is 9.69 Å². The number of carbonyl (C=O) groups is 2. The molecule has 0 fully saturated rings. The lowest BCUT2D eigenvalue weighted by Crippen LogP contribution is -2.34. The number of nitrogens with two attached hydrogens (primary N) is 1. The molecule has 0 radical (unpaired) electrons. The zero-order chi connectivity index (χ0) is 32.4. The number of allylic oxidation sites excluding steroid dienone is 2. The predicted molar refractivity (Wildman–Crippen MR) is 167 cm³/mol. The Labute approximate surface area is 259 Å². The summed E-state index contributed by atoms with van der Waals surface area (Å²) in [4.78, 5) is 30.8. The average Bonchev–Trinajstić information content (AvgIpc) is 3.04. The highest BCUT2D eigenvalue weighted by atomic mass is 19.4. The van der Waals surface area contributed by atoms with Crippen molar-refractivity contribution in [3.05, 3.63) is 95.1 Å². The van der Waals surface area contributed by atoms with E-state index in [0.29, 0.717) is 17.7 Å². The van der Waals surface area contributed by atoms with Crippen LogP contribution in [0.25, 0.3) is 5.57 Å². The second-order valence-electron chi connectivity index (χ2n) is 10.5. The van der Waals surface area contributed by atoms with E-state index in [0.717, 1.165) is 43.7 Å². The van der Waals surface area contributed by atoms with Gasteiger partial charge >= 0.3 is 12.2 Å². The Hall–Kier alpha value is -5.00. The maximum atomic E-state index is 13.9. The fourth-order valence-electron chi connectivity index (χ4n) is 4.84. The number of nitrogens with one attached hydrogen (secondary N) is 2. The number of unbranched alkanes of at least 4 members (excludes halogenated alkanes) is 1. The first kappa shape index (κ1) is 32.9. The van der Waals surface area contributed by atoms with Crippen molar-refractivity contribution >= 4 is 34.8 Å². The number of ether oxygens (including phenoxy) is 1. The van der Waals surface area contributed by atoms with E-state index in [-0.39, 0.29) is 30.2 Å². The number of rotatable bonds is 10. The van der Waals surface area contributed by atoms with Gasteiger partial charge in [-0.15, -0.1) is 5.11 Å². The largest absolute Gasteiger partial charge is 0.493 e. The first-order chi connectivity index (χ1) is 21.6. The number of alkyl halides is 3. The van der Waals surface area contributed by atoms with E-state index < -0.39 is 29.6 Å². The normalized spacial score (nSPS) is 13.5. The van der Waals surface area contributed by atoms with Crippen LogP contribution in [0.2, 0.25) is 0 Å². The summed E-state index contributed by atoms with van der Waals surface area (Å²) in [5.41, 5.74) is 14.8. The lowest BCUT2D eigenvalue weighted by molar-refractivity contribution is -0.138. The smallest absolute Gasteiger partial charge is 0.420 e. The van der Waals surface area contributed by atoms with Gasteiger partial charge < -0.3 is 15.8 Å². The van der Waals surface area contributed by atoms with Crippen LogP contribution in [0.15, 0.2) is 82.9 Å². The van der Waals surface area contributed by atoms with Crippen LogP contribution in [-0.4, -0.2) is 24.5 Å². The van der Waals surface area contributed by atoms with Crippen LogP contribution in [0, 0.1) is 5.53 Å². The molecule has 4 N–H and O–H groups in total. The highest BCUT2D eigenvalue weighted by Gasteiger charge is 2.35. The van der Waals surface area contributed by atoms with Gasteiger partial charge in [0.25, 0.3) is 5.91 Å². The number of guanidine groups is 1. The standard InChI is InChI=1S/C33H35F3N6O3/c1-2-3-19-45-29-18-15-26(20-28(29)33(34,35)36)39-32(44)42(27-16-13-24(14-17-27)23-7-5-4-6-8-23)21-22-9-11-25(12-10-22)30(43)40-31(37)41-38/h7,9-18,20,38H,2-6,8,19,21H2,1H3,(H,39,44)(H2,37,40,43). The number of halogens is 3. The van der Waals surface area contributed by atoms with Crippen LogP contribution in [0.4, 0.5) is 29.3 Å². The highest BCUT2D eigenvalue weighted by molar-refractivity contribution is 6.03. The molecular formula is C33H35F3N6O3. The van der Waals surface area contributed by atoms with Crippen molar-refractivity contribution in [3.8, 4) is 5.75 Å². The molecule has 236 valence electrons. The minimum atomic E-state index is -4.69. The molecule has 3 amide bonds. The summed E-state index contributed by atoms with van der Waals surface area (Å²) < 4.78 is 47.1. The Bertz CT molecular complexity index is 1570. The Morgan fingerprint density at radius 3 is 2.40 bits per heavy atom. The van der Waals surface area contributed by atoms with E-state index in [1.165, 1.54) is 34.7 Å². The molecule has 3 aromatic rings. The van der Waals surface area contributed by atoms with Gasteiger partial charge in [0.05, 0.1) is 18.7 Å². The van der Waals surface area contributed by atoms with Gasteiger partial charge in [-0.1, -0.05) is 43.7 Å². The molecule has 0 unspecified atom stereocenters. The summed E-state index contributed by atoms with van der Waals surface area (Å²) in [5, 5.41) is 5.52. The number of hydrogen-bond donors (Lipinski definition) is 3. The van der Waals surface area contributed by atoms with E-state index >= 15 is 0 Å². The molecule has 0 saturated carbocycles. The van der Waals surface area contributed by atoms with Crippen molar-refractivity contribution in [1.82, 2.24) is 0 Å². The average molecular weight is 621 g/mol. The predicted octanol–water partition coefficient (Wildman–Crippen LogP) is 8.57. The summed E-state index contributed by atoms with van der Waals surface area (Å²) in [7, 11) is 0. The van der Waals surface area contributed by atoms with Crippen molar-refractivity contribution in [2.75, 3.05) is 16.8 Å². The number of aliphatic imine (C=N–C) groups is 1. The van der Waals surface area contributed by atoms with Crippen LogP contribution in [0.5, 0.6) is 5.75 Å². The van der Waals surface area contributed by atoms with Crippen LogP contribution in [0.1, 0.15) is 72.5 Å². The van der Waals surface area contributed by atoms with Crippen molar-refractivity contribution in [1.29, 1.82) is 5.53 Å². The molecule has 9 nitrogen and oxygen atoms in total. The quantitative estimate of drug-likeness (QED) is 0.0906. The van der Waals surface area contributed by atoms with Gasteiger partial charge in [-0.05, 0) is 91.3 Å². The summed E-state index contributed by atoms with van der Waals surface area (Å²) in [6, 6.07) is 16.5. The van der Waals surface area contributed by atoms with E-state index in [1.807, 2.05) is 19.1 Å². The third-order valence-corrected chi connectivity index (χ3v) is 7.25. The number of amides is 3. The molecule has 3 aromatic carbocycles. The summed E-state index contributed by atoms with van der Waals surface area (Å²) in [6.45, 7) is 2.10. The zero-order valence-corrected chi connectivity index (χ0v) is 24.9. The number of hydrogen-bond acceptors (Lipinski definition) is 4. The lowest BCUT2D eigenvalue weighted by atomic mass is 9.93. The number of anilines is 2. The SMILES string of the molecule is CCCCOc1ccc(NC(=O)N(Cc2ccc(C(=O)N=C(N)N=N)cc2)c2ccc(C3=CCCCC3)cc2)cc1C(F)(F)F. The number of urea groups is 1. The Morgan fingerprint density at radius 1 is 1.04 bits per heavy atom. The van der Waals surface area contributed by atoms with Crippen LogP contribution < -0.4 is 20.7 Å². The maximum Gasteiger partial charge on any atom is 0.420 e. The van der Waals surface area contributed by atoms with Crippen LogP contribution >= 0.6 is 0 Å². The summed E-state index contributed by atoms with van der Waals surface area (Å²) >= 11 is 0. The highest BCUT2D eigenvalue weighted by Crippen LogP contribution is 2.38. The number of carbonyl (C=O) groups excluding carboxylic acids is 2. The molecule has 0 aliphatic heterocycles. The zero-order valence-electron chi connectivity index (χ0n) is 24.9. The number of benzene rings is 3. The van der Waals surface area contributed by atoms with Gasteiger partial charge in [0.2, 0.25) is 5.96 Å². The molecule has 4 rings (SSSR count). The van der Waals surface area contributed by atoms with Gasteiger partial charge in [0.1, 0.15) is 5.75 Å². The second-order valence-corrected chi connectivity index (χ2v) is 10.5. The monoisotopic (exact) mass is 620 g/mol. The van der Waals surface area contributed by atoms with Crippen molar-refractivity contribution < 1.29 is 27.5 Å². The summed E-state index contributed by atoms with van der Waals surface area (Å²) in [6.07, 6.45) is 3.16.